The summed E-state index contributed by atoms with van der Waals surface area (Å²) < 4.78 is 25.6. The fourth-order valence-corrected chi connectivity index (χ4v) is 3.99. The summed E-state index contributed by atoms with van der Waals surface area (Å²) in [5.41, 5.74) is 0.340. The first kappa shape index (κ1) is 17.0. The van der Waals surface area contributed by atoms with Gasteiger partial charge in [-0.3, -0.25) is 4.79 Å². The molecular weight excluding hydrogens is 321 g/mol. The van der Waals surface area contributed by atoms with Crippen LogP contribution >= 0.6 is 0 Å². The van der Waals surface area contributed by atoms with Gasteiger partial charge in [-0.25, -0.2) is 4.39 Å². The lowest BCUT2D eigenvalue weighted by Crippen LogP contribution is -2.43. The molecule has 5 heteroatoms. The number of halogens is 1. The Morgan fingerprint density at radius 1 is 1.24 bits per heavy atom. The molecule has 4 rings (SSSR count). The van der Waals surface area contributed by atoms with Gasteiger partial charge in [0.1, 0.15) is 5.82 Å². The van der Waals surface area contributed by atoms with Gasteiger partial charge in [-0.15, -0.1) is 0 Å². The molecule has 1 aromatic carbocycles. The second-order valence-electron chi connectivity index (χ2n) is 7.89. The summed E-state index contributed by atoms with van der Waals surface area (Å²) in [4.78, 5) is 14.3. The smallest absolute Gasteiger partial charge is 0.256 e. The molecule has 1 aromatic rings. The largest absolute Gasteiger partial charge is 0.378 e. The van der Waals surface area contributed by atoms with Gasteiger partial charge in [0.05, 0.1) is 24.9 Å². The van der Waals surface area contributed by atoms with E-state index in [4.69, 9.17) is 9.47 Å². The molecular formula is C20H26FNO3. The number of ether oxygens (including phenoxy) is 2. The summed E-state index contributed by atoms with van der Waals surface area (Å²) in [7, 11) is 0. The molecule has 2 heterocycles. The van der Waals surface area contributed by atoms with E-state index in [0.717, 1.165) is 38.4 Å². The predicted molar refractivity (Wildman–Crippen MR) is 91.9 cm³/mol. The Labute approximate surface area is 148 Å². The zero-order valence-electron chi connectivity index (χ0n) is 14.6. The molecule has 3 aliphatic rings. The van der Waals surface area contributed by atoms with Crippen LogP contribution in [0.3, 0.4) is 0 Å². The van der Waals surface area contributed by atoms with E-state index in [0.29, 0.717) is 19.7 Å². The van der Waals surface area contributed by atoms with Gasteiger partial charge in [-0.05, 0) is 55.6 Å². The molecule has 0 N–H and O–H groups in total. The molecule has 1 saturated carbocycles. The minimum Gasteiger partial charge on any atom is -0.378 e. The number of piperidine rings is 1. The minimum absolute atomic E-state index is 0.166. The zero-order chi connectivity index (χ0) is 17.3. The number of rotatable bonds is 5. The van der Waals surface area contributed by atoms with Crippen LogP contribution in [0.25, 0.3) is 0 Å². The molecule has 25 heavy (non-hydrogen) atoms. The molecule has 0 radical (unpaired) electrons. The van der Waals surface area contributed by atoms with Crippen LogP contribution in [0, 0.1) is 17.2 Å². The van der Waals surface area contributed by atoms with Crippen LogP contribution in [-0.2, 0) is 9.47 Å². The van der Waals surface area contributed by atoms with Crippen LogP contribution in [0.2, 0.25) is 0 Å². The second-order valence-corrected chi connectivity index (χ2v) is 7.89. The van der Waals surface area contributed by atoms with Crippen molar-refractivity contribution in [2.45, 2.75) is 38.2 Å². The van der Waals surface area contributed by atoms with E-state index in [1.54, 1.807) is 23.1 Å². The molecule has 1 unspecified atom stereocenters. The van der Waals surface area contributed by atoms with Crippen molar-refractivity contribution in [1.82, 2.24) is 4.90 Å². The molecule has 3 fully saturated rings. The average Bonchev–Trinajstić information content (AvgIpc) is 3.37. The first-order valence-corrected chi connectivity index (χ1v) is 9.38. The summed E-state index contributed by atoms with van der Waals surface area (Å²) in [6, 6.07) is 6.22. The van der Waals surface area contributed by atoms with Gasteiger partial charge in [0.15, 0.2) is 0 Å². The van der Waals surface area contributed by atoms with Gasteiger partial charge in [0, 0.05) is 19.7 Å². The molecule has 2 aliphatic heterocycles. The maximum absolute atomic E-state index is 13.8. The number of carbonyl (C=O) groups excluding carboxylic acids is 1. The van der Waals surface area contributed by atoms with Crippen LogP contribution in [0.15, 0.2) is 24.3 Å². The van der Waals surface area contributed by atoms with Crippen LogP contribution in [0.4, 0.5) is 4.39 Å². The summed E-state index contributed by atoms with van der Waals surface area (Å²) in [6.45, 7) is 3.67. The van der Waals surface area contributed by atoms with Gasteiger partial charge in [0.25, 0.3) is 5.91 Å². The number of amides is 1. The predicted octanol–water partition coefficient (Wildman–Crippen LogP) is 3.26. The number of hydrogen-bond donors (Lipinski definition) is 0. The topological polar surface area (TPSA) is 38.8 Å². The third kappa shape index (κ3) is 3.87. The van der Waals surface area contributed by atoms with Crippen molar-refractivity contribution >= 4 is 5.91 Å². The molecule has 0 aromatic heterocycles. The molecule has 2 saturated heterocycles. The van der Waals surface area contributed by atoms with Gasteiger partial charge >= 0.3 is 0 Å². The quantitative estimate of drug-likeness (QED) is 0.821. The van der Waals surface area contributed by atoms with Crippen LogP contribution in [0.1, 0.15) is 42.5 Å². The number of nitrogens with zero attached hydrogens (tertiary/aromatic N) is 1. The Balaban J connectivity index is 1.28. The lowest BCUT2D eigenvalue weighted by Gasteiger charge is -2.38. The highest BCUT2D eigenvalue weighted by Gasteiger charge is 2.43. The van der Waals surface area contributed by atoms with Gasteiger partial charge in [0.2, 0.25) is 0 Å². The van der Waals surface area contributed by atoms with E-state index < -0.39 is 5.82 Å². The van der Waals surface area contributed by atoms with Crippen molar-refractivity contribution in [2.24, 2.45) is 11.3 Å². The molecule has 1 amide bonds. The van der Waals surface area contributed by atoms with Crippen LogP contribution < -0.4 is 0 Å². The minimum atomic E-state index is -0.440. The van der Waals surface area contributed by atoms with Crippen molar-refractivity contribution in [3.05, 3.63) is 35.6 Å². The van der Waals surface area contributed by atoms with E-state index in [9.17, 15) is 9.18 Å². The SMILES string of the molecule is O=C(c1ccccc1F)N1CCC2(CC1)COC(COCC1CC1)C2. The highest BCUT2D eigenvalue weighted by Crippen LogP contribution is 2.42. The molecule has 0 bridgehead atoms. The van der Waals surface area contributed by atoms with E-state index in [-0.39, 0.29) is 23.0 Å². The fourth-order valence-electron chi connectivity index (χ4n) is 3.99. The maximum Gasteiger partial charge on any atom is 0.256 e. The molecule has 1 spiro atoms. The maximum atomic E-state index is 13.8. The summed E-state index contributed by atoms with van der Waals surface area (Å²) >= 11 is 0. The number of benzene rings is 1. The summed E-state index contributed by atoms with van der Waals surface area (Å²) in [5, 5.41) is 0. The van der Waals surface area contributed by atoms with Gasteiger partial charge < -0.3 is 14.4 Å². The van der Waals surface area contributed by atoms with E-state index in [1.807, 2.05) is 0 Å². The van der Waals surface area contributed by atoms with Crippen LogP contribution in [0.5, 0.6) is 0 Å². The monoisotopic (exact) mass is 347 g/mol. The standard InChI is InChI=1S/C20H26FNO3/c21-18-4-2-1-3-17(18)19(23)22-9-7-20(8-10-22)11-16(25-14-20)13-24-12-15-5-6-15/h1-4,15-16H,5-14H2. The molecule has 1 aliphatic carbocycles. The van der Waals surface area contributed by atoms with Crippen molar-refractivity contribution < 1.29 is 18.7 Å². The van der Waals surface area contributed by atoms with Crippen molar-refractivity contribution in [1.29, 1.82) is 0 Å². The lowest BCUT2D eigenvalue weighted by molar-refractivity contribution is 0.00937. The number of likely N-dealkylation sites (tertiary alicyclic amines) is 1. The van der Waals surface area contributed by atoms with Crippen molar-refractivity contribution in [2.75, 3.05) is 32.9 Å². The van der Waals surface area contributed by atoms with Crippen molar-refractivity contribution in [3.8, 4) is 0 Å². The molecule has 1 atom stereocenters. The first-order valence-electron chi connectivity index (χ1n) is 9.38. The Morgan fingerprint density at radius 3 is 2.72 bits per heavy atom. The molecule has 136 valence electrons. The normalized spacial score (nSPS) is 25.5. The fraction of sp³-hybridized carbons (Fsp3) is 0.650. The second kappa shape index (κ2) is 7.04. The Morgan fingerprint density at radius 2 is 2.00 bits per heavy atom. The van der Waals surface area contributed by atoms with Gasteiger partial charge in [-0.1, -0.05) is 12.1 Å². The van der Waals surface area contributed by atoms with Gasteiger partial charge in [-0.2, -0.15) is 0 Å². The zero-order valence-corrected chi connectivity index (χ0v) is 14.6. The average molecular weight is 347 g/mol. The first-order chi connectivity index (χ1) is 12.2. The Hall–Kier alpha value is -1.46. The highest BCUT2D eigenvalue weighted by molar-refractivity contribution is 5.94. The summed E-state index contributed by atoms with van der Waals surface area (Å²) in [6.07, 6.45) is 5.66. The van der Waals surface area contributed by atoms with Crippen LogP contribution in [-0.4, -0.2) is 49.8 Å². The van der Waals surface area contributed by atoms with E-state index in [2.05, 4.69) is 0 Å². The highest BCUT2D eigenvalue weighted by atomic mass is 19.1. The Kier molecular flexibility index (Phi) is 4.78. The number of carbonyl (C=O) groups is 1. The van der Waals surface area contributed by atoms with Crippen molar-refractivity contribution in [3.63, 3.8) is 0 Å². The summed E-state index contributed by atoms with van der Waals surface area (Å²) in [5.74, 6) is 0.143. The third-order valence-corrected chi connectivity index (χ3v) is 5.86. The van der Waals surface area contributed by atoms with E-state index >= 15 is 0 Å². The van der Waals surface area contributed by atoms with E-state index in [1.165, 1.54) is 18.9 Å². The lowest BCUT2D eigenvalue weighted by atomic mass is 9.76. The number of hydrogen-bond acceptors (Lipinski definition) is 3. The Bertz CT molecular complexity index is 623. The molecule has 4 nitrogen and oxygen atoms in total. The third-order valence-electron chi connectivity index (χ3n) is 5.86.